The fourth-order valence-electron chi connectivity index (χ4n) is 3.47. The smallest absolute Gasteiger partial charge is 0.307 e. The highest BCUT2D eigenvalue weighted by molar-refractivity contribution is 6.33. The number of amides is 1. The molecular weight excluding hydrogens is 290 g/mol. The molecule has 4 nitrogen and oxygen atoms in total. The van der Waals surface area contributed by atoms with Crippen molar-refractivity contribution in [1.82, 2.24) is 0 Å². The number of halogens is 1. The number of carbonyl (C=O) groups is 2. The van der Waals surface area contributed by atoms with Crippen LogP contribution in [0, 0.1) is 30.6 Å². The van der Waals surface area contributed by atoms with Crippen LogP contribution in [0.15, 0.2) is 30.4 Å². The number of carboxylic acid groups (broad SMARTS) is 1. The van der Waals surface area contributed by atoms with E-state index in [0.717, 1.165) is 12.0 Å². The van der Waals surface area contributed by atoms with E-state index in [1.807, 2.05) is 25.1 Å². The monoisotopic (exact) mass is 305 g/mol. The number of aryl methyl sites for hydroxylation is 1. The first-order valence-electron chi connectivity index (χ1n) is 6.95. The highest BCUT2D eigenvalue weighted by atomic mass is 35.5. The number of anilines is 1. The molecule has 5 heteroatoms. The Bertz CT molecular complexity index is 640. The van der Waals surface area contributed by atoms with Crippen LogP contribution in [0.4, 0.5) is 5.69 Å². The van der Waals surface area contributed by atoms with Crippen LogP contribution in [-0.2, 0) is 9.59 Å². The third-order valence-corrected chi connectivity index (χ3v) is 4.76. The standard InChI is InChI=1S/C16H16ClNO3/c1-8-2-5-11(17)12(6-8)18-15(19)13-9-3-4-10(7-9)14(13)16(20)21/h2-6,9-10,13-14H,7H2,1H3,(H,18,19)(H,20,21)/t9?,10?,13-,14+/m0/s1. The van der Waals surface area contributed by atoms with Crippen LogP contribution in [-0.4, -0.2) is 17.0 Å². The maximum absolute atomic E-state index is 12.5. The molecular formula is C16H16ClNO3. The Kier molecular flexibility index (Phi) is 3.49. The second-order valence-corrected chi connectivity index (χ2v) is 6.22. The maximum Gasteiger partial charge on any atom is 0.307 e. The zero-order chi connectivity index (χ0) is 15.1. The summed E-state index contributed by atoms with van der Waals surface area (Å²) < 4.78 is 0. The van der Waals surface area contributed by atoms with E-state index in [2.05, 4.69) is 5.32 Å². The molecule has 2 bridgehead atoms. The summed E-state index contributed by atoms with van der Waals surface area (Å²) in [5.41, 5.74) is 1.52. The van der Waals surface area contributed by atoms with Crippen LogP contribution < -0.4 is 5.32 Å². The van der Waals surface area contributed by atoms with Gasteiger partial charge in [-0.1, -0.05) is 29.8 Å². The van der Waals surface area contributed by atoms with Crippen molar-refractivity contribution in [2.24, 2.45) is 23.7 Å². The minimum Gasteiger partial charge on any atom is -0.481 e. The van der Waals surface area contributed by atoms with Crippen LogP contribution in [0.2, 0.25) is 5.02 Å². The summed E-state index contributed by atoms with van der Waals surface area (Å²) in [6.07, 6.45) is 4.63. The lowest BCUT2D eigenvalue weighted by atomic mass is 9.82. The molecule has 0 radical (unpaired) electrons. The van der Waals surface area contributed by atoms with Crippen LogP contribution in [0.3, 0.4) is 0 Å². The number of aliphatic carboxylic acids is 1. The van der Waals surface area contributed by atoms with Gasteiger partial charge < -0.3 is 10.4 Å². The van der Waals surface area contributed by atoms with Crippen LogP contribution in [0.25, 0.3) is 0 Å². The van der Waals surface area contributed by atoms with Crippen LogP contribution in [0.5, 0.6) is 0 Å². The Labute approximate surface area is 127 Å². The van der Waals surface area contributed by atoms with Crippen LogP contribution in [0.1, 0.15) is 12.0 Å². The Morgan fingerprint density at radius 3 is 2.57 bits per heavy atom. The number of hydrogen-bond donors (Lipinski definition) is 2. The molecule has 2 aliphatic carbocycles. The zero-order valence-electron chi connectivity index (χ0n) is 11.5. The number of hydrogen-bond acceptors (Lipinski definition) is 2. The fourth-order valence-corrected chi connectivity index (χ4v) is 3.63. The number of carbonyl (C=O) groups excluding carboxylic acids is 1. The molecule has 2 unspecified atom stereocenters. The molecule has 1 amide bonds. The first kappa shape index (κ1) is 14.1. The molecule has 1 aromatic rings. The van der Waals surface area contributed by atoms with Crippen molar-refractivity contribution < 1.29 is 14.7 Å². The Hall–Kier alpha value is -1.81. The third-order valence-electron chi connectivity index (χ3n) is 4.43. The summed E-state index contributed by atoms with van der Waals surface area (Å²) >= 11 is 6.08. The van der Waals surface area contributed by atoms with Gasteiger partial charge in [-0.15, -0.1) is 0 Å². The minimum atomic E-state index is -0.901. The second-order valence-electron chi connectivity index (χ2n) is 5.81. The molecule has 110 valence electrons. The van der Waals surface area contributed by atoms with E-state index in [-0.39, 0.29) is 17.7 Å². The average Bonchev–Trinajstić information content (AvgIpc) is 3.03. The lowest BCUT2D eigenvalue weighted by Crippen LogP contribution is -2.36. The van der Waals surface area contributed by atoms with E-state index in [1.165, 1.54) is 0 Å². The van der Waals surface area contributed by atoms with Gasteiger partial charge in [0.15, 0.2) is 0 Å². The molecule has 0 heterocycles. The van der Waals surface area contributed by atoms with E-state index in [0.29, 0.717) is 10.7 Å². The van der Waals surface area contributed by atoms with E-state index >= 15 is 0 Å². The molecule has 3 rings (SSSR count). The lowest BCUT2D eigenvalue weighted by molar-refractivity contribution is -0.146. The van der Waals surface area contributed by atoms with E-state index < -0.39 is 17.8 Å². The van der Waals surface area contributed by atoms with Gasteiger partial charge in [-0.2, -0.15) is 0 Å². The number of rotatable bonds is 3. The predicted octanol–water partition coefficient (Wildman–Crippen LogP) is 3.11. The highest BCUT2D eigenvalue weighted by Crippen LogP contribution is 2.48. The first-order valence-corrected chi connectivity index (χ1v) is 7.33. The topological polar surface area (TPSA) is 66.4 Å². The molecule has 1 fully saturated rings. The SMILES string of the molecule is Cc1ccc(Cl)c(NC(=O)[C@H]2C3C=CC(C3)[C@H]2C(=O)O)c1. The van der Waals surface area contributed by atoms with E-state index in [1.54, 1.807) is 12.1 Å². The largest absolute Gasteiger partial charge is 0.481 e. The summed E-state index contributed by atoms with van der Waals surface area (Å²) in [6, 6.07) is 5.37. The maximum atomic E-state index is 12.5. The molecule has 4 atom stereocenters. The number of benzene rings is 1. The summed E-state index contributed by atoms with van der Waals surface area (Å²) in [7, 11) is 0. The number of allylic oxidation sites excluding steroid dienone is 2. The second kappa shape index (κ2) is 5.19. The van der Waals surface area contributed by atoms with Crippen molar-refractivity contribution in [3.05, 3.63) is 40.9 Å². The predicted molar refractivity (Wildman–Crippen MR) is 80.2 cm³/mol. The fraction of sp³-hybridized carbons (Fsp3) is 0.375. The van der Waals surface area contributed by atoms with Gasteiger partial charge in [-0.25, -0.2) is 0 Å². The highest BCUT2D eigenvalue weighted by Gasteiger charge is 2.51. The summed E-state index contributed by atoms with van der Waals surface area (Å²) in [5.74, 6) is -2.33. The minimum absolute atomic E-state index is 0.0136. The summed E-state index contributed by atoms with van der Waals surface area (Å²) in [5, 5.41) is 12.6. The Morgan fingerprint density at radius 2 is 1.90 bits per heavy atom. The van der Waals surface area contributed by atoms with Gasteiger partial charge in [0.05, 0.1) is 22.5 Å². The summed E-state index contributed by atoms with van der Waals surface area (Å²) in [4.78, 5) is 24.0. The van der Waals surface area contributed by atoms with Crippen molar-refractivity contribution >= 4 is 29.2 Å². The first-order chi connectivity index (χ1) is 9.97. The molecule has 0 spiro atoms. The molecule has 2 N–H and O–H groups in total. The number of nitrogens with one attached hydrogen (secondary N) is 1. The van der Waals surface area contributed by atoms with E-state index in [9.17, 15) is 14.7 Å². The van der Waals surface area contributed by atoms with Crippen molar-refractivity contribution in [2.75, 3.05) is 5.32 Å². The lowest BCUT2D eigenvalue weighted by Gasteiger charge is -2.24. The molecule has 21 heavy (non-hydrogen) atoms. The van der Waals surface area contributed by atoms with Gasteiger partial charge in [-0.3, -0.25) is 9.59 Å². The Balaban J connectivity index is 1.83. The van der Waals surface area contributed by atoms with E-state index in [4.69, 9.17) is 11.6 Å². The average molecular weight is 306 g/mol. The molecule has 1 saturated carbocycles. The number of fused-ring (bicyclic) bond motifs is 2. The third kappa shape index (κ3) is 2.44. The molecule has 2 aliphatic rings. The molecule has 0 aromatic heterocycles. The van der Waals surface area contributed by atoms with Crippen LogP contribution >= 0.6 is 11.6 Å². The van der Waals surface area contributed by atoms with Gasteiger partial charge in [0, 0.05) is 0 Å². The van der Waals surface area contributed by atoms with Crippen molar-refractivity contribution in [3.63, 3.8) is 0 Å². The van der Waals surface area contributed by atoms with Gasteiger partial charge >= 0.3 is 5.97 Å². The van der Waals surface area contributed by atoms with Crippen molar-refractivity contribution in [2.45, 2.75) is 13.3 Å². The molecule has 0 saturated heterocycles. The Morgan fingerprint density at radius 1 is 1.24 bits per heavy atom. The van der Waals surface area contributed by atoms with Crippen molar-refractivity contribution in [1.29, 1.82) is 0 Å². The normalized spacial score (nSPS) is 29.6. The zero-order valence-corrected chi connectivity index (χ0v) is 12.3. The van der Waals surface area contributed by atoms with Gasteiger partial charge in [0.2, 0.25) is 5.91 Å². The summed E-state index contributed by atoms with van der Waals surface area (Å²) in [6.45, 7) is 1.91. The quantitative estimate of drug-likeness (QED) is 0.843. The van der Waals surface area contributed by atoms with Gasteiger partial charge in [0.25, 0.3) is 0 Å². The van der Waals surface area contributed by atoms with Gasteiger partial charge in [-0.05, 0) is 42.9 Å². The molecule has 0 aliphatic heterocycles. The number of carboxylic acids is 1. The molecule has 1 aromatic carbocycles. The van der Waals surface area contributed by atoms with Crippen molar-refractivity contribution in [3.8, 4) is 0 Å². The van der Waals surface area contributed by atoms with Gasteiger partial charge in [0.1, 0.15) is 0 Å².